The van der Waals surface area contributed by atoms with E-state index in [4.69, 9.17) is 4.52 Å². The minimum Gasteiger partial charge on any atom is -0.359 e. The van der Waals surface area contributed by atoms with Gasteiger partial charge in [-0.15, -0.1) is 0 Å². The molecule has 1 aliphatic rings. The number of nitrogens with zero attached hydrogens (tertiary/aromatic N) is 2. The van der Waals surface area contributed by atoms with E-state index in [9.17, 15) is 4.79 Å². The first-order chi connectivity index (χ1) is 9.70. The molecule has 0 aromatic carbocycles. The standard InChI is InChI=1S/C15H25N3O2/c1-3-7-12-10-13(20-17-12)11-16-15(19)14-8-5-4-6-9-18(14)2/h10,14H,3-9,11H2,1-2H3,(H,16,19). The molecule has 1 atom stereocenters. The molecular formula is C15H25N3O2. The van der Waals surface area contributed by atoms with Gasteiger partial charge in [-0.05, 0) is 32.9 Å². The SMILES string of the molecule is CCCc1cc(CNC(=O)C2CCCCCN2C)on1. The van der Waals surface area contributed by atoms with Gasteiger partial charge in [0.15, 0.2) is 5.76 Å². The van der Waals surface area contributed by atoms with E-state index in [2.05, 4.69) is 22.3 Å². The monoisotopic (exact) mass is 279 g/mol. The highest BCUT2D eigenvalue weighted by atomic mass is 16.5. The van der Waals surface area contributed by atoms with Gasteiger partial charge in [0, 0.05) is 6.07 Å². The molecule has 2 heterocycles. The summed E-state index contributed by atoms with van der Waals surface area (Å²) in [7, 11) is 2.03. The molecule has 0 spiro atoms. The summed E-state index contributed by atoms with van der Waals surface area (Å²) in [6, 6.07) is 1.93. The van der Waals surface area contributed by atoms with Crippen molar-refractivity contribution in [1.29, 1.82) is 0 Å². The Hall–Kier alpha value is -1.36. The number of likely N-dealkylation sites (N-methyl/N-ethyl adjacent to an activating group) is 1. The molecule has 5 heteroatoms. The molecule has 0 aliphatic carbocycles. The molecule has 1 N–H and O–H groups in total. The van der Waals surface area contributed by atoms with Crippen LogP contribution in [0.2, 0.25) is 0 Å². The van der Waals surface area contributed by atoms with Crippen LogP contribution in [-0.2, 0) is 17.8 Å². The summed E-state index contributed by atoms with van der Waals surface area (Å²) in [5.41, 5.74) is 0.961. The van der Waals surface area contributed by atoms with Crippen molar-refractivity contribution in [3.05, 3.63) is 17.5 Å². The molecule has 1 aromatic rings. The van der Waals surface area contributed by atoms with Crippen LogP contribution in [0.5, 0.6) is 0 Å². The first-order valence-electron chi connectivity index (χ1n) is 7.63. The fourth-order valence-electron chi connectivity index (χ4n) is 2.69. The second kappa shape index (κ2) is 7.43. The predicted octanol–water partition coefficient (Wildman–Crippen LogP) is 2.12. The number of rotatable bonds is 5. The van der Waals surface area contributed by atoms with Crippen LogP contribution in [0.25, 0.3) is 0 Å². The molecule has 0 radical (unpaired) electrons. The number of carbonyl (C=O) groups is 1. The van der Waals surface area contributed by atoms with Gasteiger partial charge in [0.25, 0.3) is 0 Å². The van der Waals surface area contributed by atoms with Crippen molar-refractivity contribution in [3.63, 3.8) is 0 Å². The number of aromatic nitrogens is 1. The lowest BCUT2D eigenvalue weighted by molar-refractivity contribution is -0.126. The fourth-order valence-corrected chi connectivity index (χ4v) is 2.69. The summed E-state index contributed by atoms with van der Waals surface area (Å²) < 4.78 is 5.23. The smallest absolute Gasteiger partial charge is 0.237 e. The maximum atomic E-state index is 12.3. The third kappa shape index (κ3) is 4.07. The van der Waals surface area contributed by atoms with E-state index in [0.717, 1.165) is 43.7 Å². The molecule has 1 unspecified atom stereocenters. The number of carbonyl (C=O) groups excluding carboxylic acids is 1. The van der Waals surface area contributed by atoms with Gasteiger partial charge in [0.05, 0.1) is 18.3 Å². The predicted molar refractivity (Wildman–Crippen MR) is 77.2 cm³/mol. The zero-order valence-electron chi connectivity index (χ0n) is 12.5. The van der Waals surface area contributed by atoms with E-state index in [1.807, 2.05) is 13.1 Å². The van der Waals surface area contributed by atoms with Crippen molar-refractivity contribution in [2.45, 2.75) is 58.0 Å². The Labute approximate surface area is 120 Å². The van der Waals surface area contributed by atoms with Crippen molar-refractivity contribution in [3.8, 4) is 0 Å². The van der Waals surface area contributed by atoms with Crippen molar-refractivity contribution in [2.75, 3.05) is 13.6 Å². The number of nitrogens with one attached hydrogen (secondary N) is 1. The molecule has 20 heavy (non-hydrogen) atoms. The van der Waals surface area contributed by atoms with Gasteiger partial charge in [-0.2, -0.15) is 0 Å². The zero-order chi connectivity index (χ0) is 14.4. The average Bonchev–Trinajstić information content (AvgIpc) is 2.77. The highest BCUT2D eigenvalue weighted by molar-refractivity contribution is 5.81. The molecule has 0 saturated carbocycles. The second-order valence-electron chi connectivity index (χ2n) is 5.60. The van der Waals surface area contributed by atoms with E-state index in [1.165, 1.54) is 12.8 Å². The molecule has 5 nitrogen and oxygen atoms in total. The van der Waals surface area contributed by atoms with Gasteiger partial charge in [-0.1, -0.05) is 31.3 Å². The number of amides is 1. The normalized spacial score (nSPS) is 20.6. The van der Waals surface area contributed by atoms with E-state index >= 15 is 0 Å². The lowest BCUT2D eigenvalue weighted by Crippen LogP contribution is -2.44. The molecule has 2 rings (SSSR count). The Balaban J connectivity index is 1.83. The maximum absolute atomic E-state index is 12.3. The summed E-state index contributed by atoms with van der Waals surface area (Å²) >= 11 is 0. The van der Waals surface area contributed by atoms with Crippen molar-refractivity contribution >= 4 is 5.91 Å². The van der Waals surface area contributed by atoms with Crippen LogP contribution in [0, 0.1) is 0 Å². The summed E-state index contributed by atoms with van der Waals surface area (Å²) in [4.78, 5) is 14.4. The molecule has 1 saturated heterocycles. The topological polar surface area (TPSA) is 58.4 Å². The number of aryl methyl sites for hydroxylation is 1. The summed E-state index contributed by atoms with van der Waals surface area (Å²) in [5.74, 6) is 0.834. The Bertz CT molecular complexity index is 431. The van der Waals surface area contributed by atoms with E-state index in [1.54, 1.807) is 0 Å². The minimum absolute atomic E-state index is 0.00414. The highest BCUT2D eigenvalue weighted by Gasteiger charge is 2.24. The number of hydrogen-bond donors (Lipinski definition) is 1. The van der Waals surface area contributed by atoms with E-state index in [-0.39, 0.29) is 11.9 Å². The molecule has 1 aliphatic heterocycles. The molecular weight excluding hydrogens is 254 g/mol. The first-order valence-corrected chi connectivity index (χ1v) is 7.63. The minimum atomic E-state index is -0.00414. The largest absolute Gasteiger partial charge is 0.359 e. The first kappa shape index (κ1) is 15.0. The number of hydrogen-bond acceptors (Lipinski definition) is 4. The van der Waals surface area contributed by atoms with Crippen LogP contribution in [0.1, 0.15) is 50.5 Å². The van der Waals surface area contributed by atoms with Crippen LogP contribution >= 0.6 is 0 Å². The summed E-state index contributed by atoms with van der Waals surface area (Å²) in [6.45, 7) is 3.54. The molecule has 1 amide bonds. The van der Waals surface area contributed by atoms with Crippen LogP contribution in [0.4, 0.5) is 0 Å². The molecule has 1 fully saturated rings. The van der Waals surface area contributed by atoms with Gasteiger partial charge >= 0.3 is 0 Å². The maximum Gasteiger partial charge on any atom is 0.237 e. The average molecular weight is 279 g/mol. The van der Waals surface area contributed by atoms with E-state index < -0.39 is 0 Å². The second-order valence-corrected chi connectivity index (χ2v) is 5.60. The molecule has 0 bridgehead atoms. The fraction of sp³-hybridized carbons (Fsp3) is 0.733. The lowest BCUT2D eigenvalue weighted by Gasteiger charge is -2.24. The van der Waals surface area contributed by atoms with Crippen LogP contribution in [0.15, 0.2) is 10.6 Å². The zero-order valence-corrected chi connectivity index (χ0v) is 12.5. The number of likely N-dealkylation sites (tertiary alicyclic amines) is 1. The van der Waals surface area contributed by atoms with Crippen molar-refractivity contribution in [1.82, 2.24) is 15.4 Å². The van der Waals surface area contributed by atoms with Gasteiger partial charge in [0.2, 0.25) is 5.91 Å². The van der Waals surface area contributed by atoms with Gasteiger partial charge in [-0.25, -0.2) is 0 Å². The summed E-state index contributed by atoms with van der Waals surface area (Å²) in [5, 5.41) is 6.96. The van der Waals surface area contributed by atoms with Gasteiger partial charge in [-0.3, -0.25) is 9.69 Å². The lowest BCUT2D eigenvalue weighted by atomic mass is 10.1. The van der Waals surface area contributed by atoms with Gasteiger partial charge in [0.1, 0.15) is 0 Å². The van der Waals surface area contributed by atoms with Crippen LogP contribution in [-0.4, -0.2) is 35.6 Å². The third-order valence-electron chi connectivity index (χ3n) is 3.87. The summed E-state index contributed by atoms with van der Waals surface area (Å²) in [6.07, 6.45) is 6.44. The van der Waals surface area contributed by atoms with Crippen LogP contribution < -0.4 is 5.32 Å². The highest BCUT2D eigenvalue weighted by Crippen LogP contribution is 2.15. The Morgan fingerprint density at radius 1 is 1.50 bits per heavy atom. The van der Waals surface area contributed by atoms with Crippen molar-refractivity contribution < 1.29 is 9.32 Å². The third-order valence-corrected chi connectivity index (χ3v) is 3.87. The van der Waals surface area contributed by atoms with E-state index in [0.29, 0.717) is 6.54 Å². The Morgan fingerprint density at radius 2 is 2.35 bits per heavy atom. The Morgan fingerprint density at radius 3 is 3.15 bits per heavy atom. The van der Waals surface area contributed by atoms with Crippen LogP contribution in [0.3, 0.4) is 0 Å². The quantitative estimate of drug-likeness (QED) is 0.897. The van der Waals surface area contributed by atoms with Crippen molar-refractivity contribution in [2.24, 2.45) is 0 Å². The molecule has 1 aromatic heterocycles. The molecule has 112 valence electrons. The van der Waals surface area contributed by atoms with Gasteiger partial charge < -0.3 is 9.84 Å². The Kier molecular flexibility index (Phi) is 5.59.